The SMILES string of the molecule is CC1(Oc2nc3nc(-c4ccccc4)c(Cl)cc3[nH]2)CCC1. The molecule has 0 amide bonds. The molecule has 112 valence electrons. The van der Waals surface area contributed by atoms with Gasteiger partial charge in [-0.3, -0.25) is 0 Å². The second kappa shape index (κ2) is 4.99. The van der Waals surface area contributed by atoms with Crippen LogP contribution in [0.5, 0.6) is 6.01 Å². The second-order valence-electron chi connectivity index (χ2n) is 6.00. The Kier molecular flexibility index (Phi) is 3.08. The molecule has 0 radical (unpaired) electrons. The van der Waals surface area contributed by atoms with Gasteiger partial charge in [0.05, 0.1) is 16.2 Å². The number of benzene rings is 1. The predicted molar refractivity (Wildman–Crippen MR) is 87.2 cm³/mol. The normalized spacial score (nSPS) is 16.5. The number of hydrogen-bond acceptors (Lipinski definition) is 3. The van der Waals surface area contributed by atoms with Gasteiger partial charge in [-0.25, -0.2) is 4.98 Å². The number of fused-ring (bicyclic) bond motifs is 1. The van der Waals surface area contributed by atoms with Gasteiger partial charge in [-0.1, -0.05) is 41.9 Å². The van der Waals surface area contributed by atoms with E-state index in [4.69, 9.17) is 16.3 Å². The highest BCUT2D eigenvalue weighted by Gasteiger charge is 2.35. The molecule has 3 aromatic rings. The Balaban J connectivity index is 1.74. The van der Waals surface area contributed by atoms with Crippen LogP contribution in [-0.2, 0) is 0 Å². The van der Waals surface area contributed by atoms with Crippen molar-refractivity contribution in [1.29, 1.82) is 0 Å². The zero-order valence-corrected chi connectivity index (χ0v) is 13.0. The molecule has 22 heavy (non-hydrogen) atoms. The molecule has 1 aromatic carbocycles. The van der Waals surface area contributed by atoms with Crippen molar-refractivity contribution in [3.63, 3.8) is 0 Å². The summed E-state index contributed by atoms with van der Waals surface area (Å²) in [6.45, 7) is 2.11. The van der Waals surface area contributed by atoms with Crippen molar-refractivity contribution < 1.29 is 4.74 Å². The molecular weight excluding hydrogens is 298 g/mol. The molecule has 1 fully saturated rings. The molecule has 1 saturated carbocycles. The van der Waals surface area contributed by atoms with Crippen molar-refractivity contribution in [2.75, 3.05) is 0 Å². The van der Waals surface area contributed by atoms with Crippen LogP contribution in [0.25, 0.3) is 22.4 Å². The van der Waals surface area contributed by atoms with E-state index in [9.17, 15) is 0 Å². The van der Waals surface area contributed by atoms with Gasteiger partial charge in [0.15, 0.2) is 5.65 Å². The van der Waals surface area contributed by atoms with E-state index in [-0.39, 0.29) is 5.60 Å². The summed E-state index contributed by atoms with van der Waals surface area (Å²) in [5, 5.41) is 0.601. The van der Waals surface area contributed by atoms with Crippen LogP contribution in [0, 0.1) is 0 Å². The Morgan fingerprint density at radius 2 is 1.95 bits per heavy atom. The Labute approximate surface area is 133 Å². The summed E-state index contributed by atoms with van der Waals surface area (Å²) in [5.41, 5.74) is 3.04. The molecule has 2 heterocycles. The Hall–Kier alpha value is -2.07. The fourth-order valence-corrected chi connectivity index (χ4v) is 3.01. The van der Waals surface area contributed by atoms with Crippen molar-refractivity contribution in [3.8, 4) is 17.3 Å². The van der Waals surface area contributed by atoms with E-state index in [2.05, 4.69) is 21.9 Å². The molecule has 1 aliphatic rings. The van der Waals surface area contributed by atoms with E-state index >= 15 is 0 Å². The molecule has 5 heteroatoms. The van der Waals surface area contributed by atoms with E-state index in [1.165, 1.54) is 6.42 Å². The molecule has 1 aliphatic carbocycles. The number of rotatable bonds is 3. The van der Waals surface area contributed by atoms with E-state index in [1.54, 1.807) is 0 Å². The number of nitrogens with zero attached hydrogens (tertiary/aromatic N) is 2. The van der Waals surface area contributed by atoms with Crippen molar-refractivity contribution in [3.05, 3.63) is 41.4 Å². The van der Waals surface area contributed by atoms with E-state index in [0.717, 1.165) is 29.6 Å². The summed E-state index contributed by atoms with van der Waals surface area (Å²) in [6.07, 6.45) is 3.33. The maximum atomic E-state index is 6.37. The van der Waals surface area contributed by atoms with Gasteiger partial charge in [0.1, 0.15) is 5.60 Å². The molecule has 0 aliphatic heterocycles. The Bertz CT molecular complexity index is 825. The van der Waals surface area contributed by atoms with Gasteiger partial charge in [0.2, 0.25) is 0 Å². The van der Waals surface area contributed by atoms with Crippen LogP contribution in [0.1, 0.15) is 26.2 Å². The van der Waals surface area contributed by atoms with Gasteiger partial charge < -0.3 is 9.72 Å². The molecule has 0 bridgehead atoms. The highest BCUT2D eigenvalue weighted by atomic mass is 35.5. The monoisotopic (exact) mass is 313 g/mol. The third-order valence-electron chi connectivity index (χ3n) is 4.21. The zero-order valence-electron chi connectivity index (χ0n) is 12.3. The lowest BCUT2D eigenvalue weighted by molar-refractivity contribution is 0.00392. The first-order valence-corrected chi connectivity index (χ1v) is 7.81. The van der Waals surface area contributed by atoms with E-state index < -0.39 is 0 Å². The molecule has 1 N–H and O–H groups in total. The minimum absolute atomic E-state index is 0.0973. The summed E-state index contributed by atoms with van der Waals surface area (Å²) < 4.78 is 5.96. The molecule has 0 unspecified atom stereocenters. The van der Waals surface area contributed by atoms with E-state index in [1.807, 2.05) is 36.4 Å². The largest absolute Gasteiger partial charge is 0.458 e. The standard InChI is InChI=1S/C17H16ClN3O/c1-17(8-5-9-17)22-16-19-13-10-12(18)14(20-15(13)21-16)11-6-3-2-4-7-11/h2-4,6-7,10H,5,8-9H2,1H3,(H,19,20,21). The van der Waals surface area contributed by atoms with Gasteiger partial charge in [-0.15, -0.1) is 0 Å². The van der Waals surface area contributed by atoms with Crippen LogP contribution in [0.2, 0.25) is 5.02 Å². The van der Waals surface area contributed by atoms with Gasteiger partial charge >= 0.3 is 0 Å². The van der Waals surface area contributed by atoms with Gasteiger partial charge in [-0.05, 0) is 32.3 Å². The van der Waals surface area contributed by atoms with Crippen molar-refractivity contribution >= 4 is 22.8 Å². The number of halogens is 1. The molecule has 2 aromatic heterocycles. The highest BCUT2D eigenvalue weighted by molar-refractivity contribution is 6.33. The fourth-order valence-electron chi connectivity index (χ4n) is 2.75. The van der Waals surface area contributed by atoms with Gasteiger partial charge in [-0.2, -0.15) is 4.98 Å². The summed E-state index contributed by atoms with van der Waals surface area (Å²) >= 11 is 6.37. The number of ether oxygens (including phenoxy) is 1. The number of pyridine rings is 1. The highest BCUT2D eigenvalue weighted by Crippen LogP contribution is 2.36. The number of imidazole rings is 1. The first-order chi connectivity index (χ1) is 10.6. The molecule has 0 spiro atoms. The van der Waals surface area contributed by atoms with Crippen molar-refractivity contribution in [2.45, 2.75) is 31.8 Å². The van der Waals surface area contributed by atoms with Crippen LogP contribution >= 0.6 is 11.6 Å². The summed E-state index contributed by atoms with van der Waals surface area (Å²) in [6, 6.07) is 12.2. The second-order valence-corrected chi connectivity index (χ2v) is 6.41. The van der Waals surface area contributed by atoms with Gasteiger partial charge in [0.25, 0.3) is 6.01 Å². The van der Waals surface area contributed by atoms with Crippen molar-refractivity contribution in [1.82, 2.24) is 15.0 Å². The van der Waals surface area contributed by atoms with Crippen LogP contribution in [0.3, 0.4) is 0 Å². The smallest absolute Gasteiger partial charge is 0.296 e. The average molecular weight is 314 g/mol. The molecule has 0 atom stereocenters. The molecular formula is C17H16ClN3O. The lowest BCUT2D eigenvalue weighted by atomic mass is 9.82. The minimum atomic E-state index is -0.0973. The predicted octanol–water partition coefficient (Wildman–Crippen LogP) is 4.60. The minimum Gasteiger partial charge on any atom is -0.458 e. The number of nitrogens with one attached hydrogen (secondary N) is 1. The summed E-state index contributed by atoms with van der Waals surface area (Å²) in [7, 11) is 0. The van der Waals surface area contributed by atoms with E-state index in [0.29, 0.717) is 16.7 Å². The number of hydrogen-bond donors (Lipinski definition) is 1. The van der Waals surface area contributed by atoms with Gasteiger partial charge in [0, 0.05) is 5.56 Å². The first-order valence-electron chi connectivity index (χ1n) is 7.44. The summed E-state index contributed by atoms with van der Waals surface area (Å²) in [4.78, 5) is 12.2. The Morgan fingerprint density at radius 3 is 2.64 bits per heavy atom. The fraction of sp³-hybridized carbons (Fsp3) is 0.294. The number of aromatic nitrogens is 3. The van der Waals surface area contributed by atoms with Crippen LogP contribution in [-0.4, -0.2) is 20.6 Å². The topological polar surface area (TPSA) is 50.8 Å². The zero-order chi connectivity index (χ0) is 15.2. The molecule has 4 rings (SSSR count). The lowest BCUT2D eigenvalue weighted by Gasteiger charge is -2.37. The Morgan fingerprint density at radius 1 is 1.18 bits per heavy atom. The summed E-state index contributed by atoms with van der Waals surface area (Å²) in [5.74, 6) is 0. The molecule has 4 nitrogen and oxygen atoms in total. The van der Waals surface area contributed by atoms with Crippen LogP contribution in [0.4, 0.5) is 0 Å². The maximum absolute atomic E-state index is 6.37. The van der Waals surface area contributed by atoms with Crippen LogP contribution < -0.4 is 4.74 Å². The maximum Gasteiger partial charge on any atom is 0.296 e. The lowest BCUT2D eigenvalue weighted by Crippen LogP contribution is -2.39. The third-order valence-corrected chi connectivity index (χ3v) is 4.49. The van der Waals surface area contributed by atoms with Crippen LogP contribution in [0.15, 0.2) is 36.4 Å². The number of H-pyrrole nitrogens is 1. The van der Waals surface area contributed by atoms with Crippen molar-refractivity contribution in [2.24, 2.45) is 0 Å². The quantitative estimate of drug-likeness (QED) is 0.768. The number of aromatic amines is 1. The average Bonchev–Trinajstić information content (AvgIpc) is 2.86. The first kappa shape index (κ1) is 13.6. The molecule has 0 saturated heterocycles. The third kappa shape index (κ3) is 2.33.